The van der Waals surface area contributed by atoms with Gasteiger partial charge in [0.05, 0.1) is 0 Å². The van der Waals surface area contributed by atoms with Crippen LogP contribution in [0.3, 0.4) is 0 Å². The number of hydrogen-bond donors (Lipinski definition) is 0. The zero-order valence-corrected chi connectivity index (χ0v) is 51.4. The highest BCUT2D eigenvalue weighted by molar-refractivity contribution is 5.71. The molecule has 448 valence electrons. The Morgan fingerprint density at radius 1 is 0.269 bits per heavy atom. The summed E-state index contributed by atoms with van der Waals surface area (Å²) in [6.07, 6.45) is 88.4. The molecule has 0 aliphatic heterocycles. The van der Waals surface area contributed by atoms with Crippen LogP contribution < -0.4 is 0 Å². The van der Waals surface area contributed by atoms with Crippen molar-refractivity contribution in [1.82, 2.24) is 0 Å². The van der Waals surface area contributed by atoms with Crippen LogP contribution in [0.5, 0.6) is 0 Å². The van der Waals surface area contributed by atoms with Gasteiger partial charge >= 0.3 is 17.9 Å². The second-order valence-corrected chi connectivity index (χ2v) is 22.0. The summed E-state index contributed by atoms with van der Waals surface area (Å²) in [6.45, 7) is 6.52. The molecule has 0 fully saturated rings. The quantitative estimate of drug-likeness (QED) is 0.0261. The van der Waals surface area contributed by atoms with Gasteiger partial charge < -0.3 is 14.2 Å². The van der Waals surface area contributed by atoms with Gasteiger partial charge in [0.15, 0.2) is 6.10 Å². The molecule has 0 radical (unpaired) electrons. The minimum atomic E-state index is -0.786. The fraction of sp³-hybridized carbons (Fsp3) is 0.736. The smallest absolute Gasteiger partial charge is 0.306 e. The van der Waals surface area contributed by atoms with E-state index in [0.29, 0.717) is 19.3 Å². The Labute approximate surface area is 483 Å². The second kappa shape index (κ2) is 65.8. The molecule has 0 heterocycles. The normalized spacial score (nSPS) is 12.7. The van der Waals surface area contributed by atoms with Gasteiger partial charge in [0.2, 0.25) is 0 Å². The molecule has 0 aromatic heterocycles. The monoisotopic (exact) mass is 1080 g/mol. The first-order valence-corrected chi connectivity index (χ1v) is 33.2. The van der Waals surface area contributed by atoms with Gasteiger partial charge in [-0.2, -0.15) is 0 Å². The molecule has 6 nitrogen and oxygen atoms in total. The highest BCUT2D eigenvalue weighted by Gasteiger charge is 2.19. The average molecular weight is 1090 g/mol. The van der Waals surface area contributed by atoms with Crippen LogP contribution in [0.15, 0.2) is 97.2 Å². The Kier molecular flexibility index (Phi) is 62.7. The number of carbonyl (C=O) groups excluding carboxylic acids is 3. The first kappa shape index (κ1) is 74.3. The van der Waals surface area contributed by atoms with E-state index in [1.165, 1.54) is 180 Å². The molecule has 0 saturated carbocycles. The number of allylic oxidation sites excluding steroid dienone is 16. The molecule has 0 aromatic carbocycles. The van der Waals surface area contributed by atoms with Crippen LogP contribution in [0.4, 0.5) is 0 Å². The van der Waals surface area contributed by atoms with Crippen LogP contribution >= 0.6 is 0 Å². The fourth-order valence-corrected chi connectivity index (χ4v) is 9.32. The number of unbranched alkanes of at least 4 members (excludes halogenated alkanes) is 33. The predicted molar refractivity (Wildman–Crippen MR) is 339 cm³/mol. The Bertz CT molecular complexity index is 1530. The third kappa shape index (κ3) is 63.2. The summed E-state index contributed by atoms with van der Waals surface area (Å²) < 4.78 is 16.9. The molecule has 6 heteroatoms. The molecular weight excluding hydrogens is 961 g/mol. The van der Waals surface area contributed by atoms with E-state index in [-0.39, 0.29) is 31.1 Å². The molecule has 0 aliphatic carbocycles. The molecule has 1 atom stereocenters. The number of carbonyl (C=O) groups is 3. The molecule has 0 spiro atoms. The first-order chi connectivity index (χ1) is 38.5. The minimum Gasteiger partial charge on any atom is -0.462 e. The Morgan fingerprint density at radius 3 is 0.808 bits per heavy atom. The van der Waals surface area contributed by atoms with Crippen LogP contribution in [0.1, 0.15) is 323 Å². The van der Waals surface area contributed by atoms with Crippen LogP contribution in [-0.2, 0) is 28.6 Å². The van der Waals surface area contributed by atoms with E-state index >= 15 is 0 Å². The van der Waals surface area contributed by atoms with Crippen molar-refractivity contribution in [2.24, 2.45) is 0 Å². The lowest BCUT2D eigenvalue weighted by Crippen LogP contribution is -2.30. The van der Waals surface area contributed by atoms with Crippen LogP contribution in [-0.4, -0.2) is 37.2 Å². The maximum Gasteiger partial charge on any atom is 0.306 e. The minimum absolute atomic E-state index is 0.0826. The van der Waals surface area contributed by atoms with Crippen LogP contribution in [0.25, 0.3) is 0 Å². The van der Waals surface area contributed by atoms with Gasteiger partial charge in [0.1, 0.15) is 13.2 Å². The summed E-state index contributed by atoms with van der Waals surface area (Å²) in [5, 5.41) is 0. The van der Waals surface area contributed by atoms with Gasteiger partial charge in [-0.1, -0.05) is 279 Å². The number of ether oxygens (including phenoxy) is 3. The average Bonchev–Trinajstić information content (AvgIpc) is 3.44. The van der Waals surface area contributed by atoms with Gasteiger partial charge in [0, 0.05) is 19.3 Å². The third-order valence-corrected chi connectivity index (χ3v) is 14.3. The van der Waals surface area contributed by atoms with E-state index < -0.39 is 6.10 Å². The molecule has 0 rings (SSSR count). The first-order valence-electron chi connectivity index (χ1n) is 33.2. The zero-order valence-electron chi connectivity index (χ0n) is 51.4. The molecule has 0 N–H and O–H groups in total. The van der Waals surface area contributed by atoms with E-state index in [0.717, 1.165) is 103 Å². The van der Waals surface area contributed by atoms with Crippen molar-refractivity contribution < 1.29 is 28.6 Å². The van der Waals surface area contributed by atoms with E-state index in [4.69, 9.17) is 14.2 Å². The van der Waals surface area contributed by atoms with Crippen molar-refractivity contribution in [2.75, 3.05) is 13.2 Å². The highest BCUT2D eigenvalue weighted by Crippen LogP contribution is 2.16. The summed E-state index contributed by atoms with van der Waals surface area (Å²) in [7, 11) is 0. The predicted octanol–water partition coefficient (Wildman–Crippen LogP) is 22.8. The standard InChI is InChI=1S/C72H124O6/c1-4-7-10-13-16-19-22-25-27-29-31-32-33-34-35-36-37-38-39-40-41-43-44-47-50-53-56-59-62-65-71(74)77-68-69(67-76-70(73)64-61-58-55-52-49-46-24-21-18-15-12-9-6-3)78-72(75)66-63-60-57-54-51-48-45-42-30-28-26-23-20-17-14-11-8-5-2/h7,10,16,19,21,24-25,27-28,30-32,34-35,37-38,69H,4-6,8-9,11-15,17-18,20,22-23,26,29,33,36,39-68H2,1-3H3/b10-7-,19-16-,24-21-,27-25-,30-28-,32-31-,35-34-,38-37-. The molecule has 0 aromatic rings. The number of esters is 3. The van der Waals surface area contributed by atoms with E-state index in [9.17, 15) is 14.4 Å². The summed E-state index contributed by atoms with van der Waals surface area (Å²) in [6, 6.07) is 0. The molecular formula is C72H124O6. The molecule has 0 bridgehead atoms. The SMILES string of the molecule is CC/C=C\C/C=C\C/C=C\C/C=C\C/C=C\C/C=C\CCCCCCCCCCCCC(=O)OCC(COC(=O)CCCCCCC/C=C\CCCCCC)OC(=O)CCCCCCCCC/C=C\CCCCCCCCC. The number of hydrogen-bond acceptors (Lipinski definition) is 6. The molecule has 0 aliphatic rings. The maximum atomic E-state index is 12.9. The molecule has 1 unspecified atom stereocenters. The summed E-state index contributed by atoms with van der Waals surface area (Å²) in [5.74, 6) is -0.888. The molecule has 78 heavy (non-hydrogen) atoms. The Morgan fingerprint density at radius 2 is 0.500 bits per heavy atom. The van der Waals surface area contributed by atoms with Crippen molar-refractivity contribution in [3.63, 3.8) is 0 Å². The zero-order chi connectivity index (χ0) is 56.4. The largest absolute Gasteiger partial charge is 0.462 e. The van der Waals surface area contributed by atoms with Crippen molar-refractivity contribution in [1.29, 1.82) is 0 Å². The van der Waals surface area contributed by atoms with Gasteiger partial charge in [-0.05, 0) is 122 Å². The van der Waals surface area contributed by atoms with Crippen molar-refractivity contribution in [3.8, 4) is 0 Å². The number of rotatable bonds is 60. The molecule has 0 amide bonds. The van der Waals surface area contributed by atoms with E-state index in [1.54, 1.807) is 0 Å². The van der Waals surface area contributed by atoms with E-state index in [2.05, 4.69) is 118 Å². The van der Waals surface area contributed by atoms with Crippen LogP contribution in [0, 0.1) is 0 Å². The molecule has 0 saturated heterocycles. The van der Waals surface area contributed by atoms with Crippen molar-refractivity contribution in [2.45, 2.75) is 329 Å². The summed E-state index contributed by atoms with van der Waals surface area (Å²) >= 11 is 0. The fourth-order valence-electron chi connectivity index (χ4n) is 9.32. The maximum absolute atomic E-state index is 12.9. The van der Waals surface area contributed by atoms with E-state index in [1.807, 2.05) is 0 Å². The third-order valence-electron chi connectivity index (χ3n) is 14.3. The summed E-state index contributed by atoms with van der Waals surface area (Å²) in [4.78, 5) is 38.3. The summed E-state index contributed by atoms with van der Waals surface area (Å²) in [5.41, 5.74) is 0. The second-order valence-electron chi connectivity index (χ2n) is 22.0. The highest BCUT2D eigenvalue weighted by atomic mass is 16.6. The lowest BCUT2D eigenvalue weighted by atomic mass is 10.1. The van der Waals surface area contributed by atoms with Gasteiger partial charge in [-0.3, -0.25) is 14.4 Å². The van der Waals surface area contributed by atoms with Gasteiger partial charge in [-0.15, -0.1) is 0 Å². The van der Waals surface area contributed by atoms with Crippen LogP contribution in [0.2, 0.25) is 0 Å². The lowest BCUT2D eigenvalue weighted by molar-refractivity contribution is -0.167. The Hall–Kier alpha value is -3.67. The lowest BCUT2D eigenvalue weighted by Gasteiger charge is -2.18. The topological polar surface area (TPSA) is 78.9 Å². The van der Waals surface area contributed by atoms with Gasteiger partial charge in [-0.25, -0.2) is 0 Å². The van der Waals surface area contributed by atoms with Crippen molar-refractivity contribution in [3.05, 3.63) is 97.2 Å². The Balaban J connectivity index is 4.29. The van der Waals surface area contributed by atoms with Gasteiger partial charge in [0.25, 0.3) is 0 Å². The van der Waals surface area contributed by atoms with Crippen molar-refractivity contribution >= 4 is 17.9 Å².